The summed E-state index contributed by atoms with van der Waals surface area (Å²) >= 11 is 0. The van der Waals surface area contributed by atoms with E-state index >= 15 is 4.79 Å². The van der Waals surface area contributed by atoms with Crippen molar-refractivity contribution in [2.24, 2.45) is 22.9 Å². The van der Waals surface area contributed by atoms with Crippen molar-refractivity contribution in [2.75, 3.05) is 26.4 Å². The lowest BCUT2D eigenvalue weighted by molar-refractivity contribution is -0.256. The van der Waals surface area contributed by atoms with E-state index in [9.17, 15) is 15.0 Å². The van der Waals surface area contributed by atoms with Crippen LogP contribution in [0.5, 0.6) is 17.2 Å². The van der Waals surface area contributed by atoms with Crippen LogP contribution in [0.1, 0.15) is 84.3 Å². The highest BCUT2D eigenvalue weighted by Gasteiger charge is 2.65. The van der Waals surface area contributed by atoms with Crippen LogP contribution in [-0.2, 0) is 27.5 Å². The summed E-state index contributed by atoms with van der Waals surface area (Å²) in [6.07, 6.45) is 11.1. The molecule has 1 aliphatic heterocycles. The lowest BCUT2D eigenvalue weighted by Gasteiger charge is -2.59. The van der Waals surface area contributed by atoms with Crippen LogP contribution in [0.4, 0.5) is 4.79 Å². The van der Waals surface area contributed by atoms with Crippen molar-refractivity contribution in [2.45, 2.75) is 82.3 Å². The Morgan fingerprint density at radius 1 is 0.853 bits per heavy atom. The van der Waals surface area contributed by atoms with Crippen molar-refractivity contribution in [3.8, 4) is 17.2 Å². The van der Waals surface area contributed by atoms with Crippen LogP contribution in [0, 0.1) is 17.8 Å². The van der Waals surface area contributed by atoms with E-state index in [1.807, 2.05) is 78.9 Å². The quantitative estimate of drug-likeness (QED) is 0.0284. The molecule has 2 N–H and O–H groups in total. The molecule has 1 saturated carbocycles. The van der Waals surface area contributed by atoms with Crippen molar-refractivity contribution < 1.29 is 43.6 Å². The number of hydrogen-bond donors (Lipinski definition) is 2. The number of oxime groups is 1. The lowest BCUT2D eigenvalue weighted by atomic mass is 9.55. The van der Waals surface area contributed by atoms with Gasteiger partial charge >= 0.3 is 6.09 Å². The number of aldehydes is 1. The third kappa shape index (κ3) is 10.6. The molecule has 6 atom stereocenters. The van der Waals surface area contributed by atoms with Gasteiger partial charge in [-0.25, -0.2) is 4.79 Å². The van der Waals surface area contributed by atoms with Crippen LogP contribution in [0.25, 0.3) is 10.8 Å². The molecule has 8 rings (SSSR count). The number of rotatable bonds is 23. The number of aliphatic hydroxyl groups excluding tert-OH is 2. The lowest BCUT2D eigenvalue weighted by Crippen LogP contribution is -2.70. The number of allylic oxidation sites excluding steroid dienone is 1. The second-order valence-corrected chi connectivity index (χ2v) is 17.8. The zero-order chi connectivity index (χ0) is 47.3. The van der Waals surface area contributed by atoms with Crippen LogP contribution < -0.4 is 9.47 Å². The standard InChI is InChI=1S/C57H62N2O9/c1-3-5-32-64-56(63)59(37-44-23-16-22-42-20-9-10-25-47(42)44)53-36-51(58-66-39-40-17-7-6-8-18-40)49-34-43(21-11-13-29-60)48(26-12-14-30-61)54-50-35-46(67-45-24-15-19-41(33-45)38-62)27-28-52(50)68-57(53,55(49)54)65-31-4-2/h3-4,6-10,15-20,22-25,27-28,33-35,38,43,48,53-55,60-61H,1-2,5,11-14,21,26,29-32,36-37,39H2. The molecule has 1 amide bonds. The topological polar surface area (TPSA) is 136 Å². The normalized spacial score (nSPS) is 21.9. The minimum Gasteiger partial charge on any atom is -0.459 e. The van der Waals surface area contributed by atoms with Gasteiger partial charge < -0.3 is 34.0 Å². The predicted octanol–water partition coefficient (Wildman–Crippen LogP) is 11.5. The van der Waals surface area contributed by atoms with Gasteiger partial charge in [0.15, 0.2) is 0 Å². The second-order valence-electron chi connectivity index (χ2n) is 17.8. The molecule has 5 aromatic carbocycles. The first-order chi connectivity index (χ1) is 33.4. The summed E-state index contributed by atoms with van der Waals surface area (Å²) in [7, 11) is 0. The molecule has 11 nitrogen and oxygen atoms in total. The number of hydrogen-bond acceptors (Lipinski definition) is 10. The Bertz CT molecular complexity index is 2590. The van der Waals surface area contributed by atoms with E-state index in [0.29, 0.717) is 47.8 Å². The van der Waals surface area contributed by atoms with Gasteiger partial charge in [0.05, 0.1) is 31.4 Å². The minimum absolute atomic E-state index is 0.00622. The first-order valence-electron chi connectivity index (χ1n) is 23.9. The summed E-state index contributed by atoms with van der Waals surface area (Å²) in [4.78, 5) is 34.8. The number of aliphatic hydroxyl groups is 2. The van der Waals surface area contributed by atoms with Crippen molar-refractivity contribution in [1.29, 1.82) is 0 Å². The number of unbranched alkanes of at least 4 members (excludes halogenated alkanes) is 2. The molecule has 1 heterocycles. The maximum absolute atomic E-state index is 15.0. The van der Waals surface area contributed by atoms with E-state index in [2.05, 4.69) is 37.4 Å². The van der Waals surface area contributed by atoms with Crippen molar-refractivity contribution in [3.05, 3.63) is 174 Å². The Balaban J connectivity index is 1.35. The van der Waals surface area contributed by atoms with Gasteiger partial charge in [-0.3, -0.25) is 9.69 Å². The first-order valence-corrected chi connectivity index (χ1v) is 23.9. The van der Waals surface area contributed by atoms with E-state index in [0.717, 1.165) is 65.0 Å². The largest absolute Gasteiger partial charge is 0.459 e. The predicted molar refractivity (Wildman–Crippen MR) is 264 cm³/mol. The molecule has 354 valence electrons. The van der Waals surface area contributed by atoms with Gasteiger partial charge in [0.25, 0.3) is 0 Å². The summed E-state index contributed by atoms with van der Waals surface area (Å²) in [6.45, 7) is 8.74. The Kier molecular flexibility index (Phi) is 16.2. The van der Waals surface area contributed by atoms with E-state index < -0.39 is 23.8 Å². The Morgan fingerprint density at radius 2 is 1.62 bits per heavy atom. The summed E-state index contributed by atoms with van der Waals surface area (Å²) < 4.78 is 27.3. The molecule has 2 aliphatic carbocycles. The fraction of sp³-hybridized carbons (Fsp3) is 0.351. The third-order valence-electron chi connectivity index (χ3n) is 13.5. The molecule has 6 unspecified atom stereocenters. The van der Waals surface area contributed by atoms with E-state index in [1.165, 1.54) is 0 Å². The number of benzene rings is 5. The number of fused-ring (bicyclic) bond motifs is 3. The number of ether oxygens (including phenoxy) is 4. The SMILES string of the molecule is C=CCCOC(=O)N(Cc1cccc2ccccc12)C1CC(=NOCc2ccccc2)C2=CC(CCCCO)C(CCCCO)C3c4cc(Oc5cccc(C=O)c5)ccc4OC1(OCC=C)C23. The molecule has 5 aromatic rings. The fourth-order valence-corrected chi connectivity index (χ4v) is 10.5. The average Bonchev–Trinajstić information content (AvgIpc) is 3.37. The number of carbonyl (C=O) groups is 2. The van der Waals surface area contributed by atoms with Gasteiger partial charge in [0.2, 0.25) is 5.79 Å². The van der Waals surface area contributed by atoms with Crippen LogP contribution in [-0.4, -0.2) is 71.5 Å². The number of nitrogens with zero attached hydrogens (tertiary/aromatic N) is 2. The van der Waals surface area contributed by atoms with Crippen molar-refractivity contribution in [3.63, 3.8) is 0 Å². The van der Waals surface area contributed by atoms with Gasteiger partial charge in [-0.2, -0.15) is 0 Å². The molecule has 68 heavy (non-hydrogen) atoms. The zero-order valence-electron chi connectivity index (χ0n) is 38.6. The van der Waals surface area contributed by atoms with Crippen LogP contribution in [0.2, 0.25) is 0 Å². The van der Waals surface area contributed by atoms with Crippen molar-refractivity contribution >= 4 is 28.9 Å². The molecule has 11 heteroatoms. The van der Waals surface area contributed by atoms with E-state index in [-0.39, 0.29) is 63.8 Å². The summed E-state index contributed by atoms with van der Waals surface area (Å²) in [5.41, 5.74) is 4.87. The van der Waals surface area contributed by atoms with Crippen LogP contribution in [0.15, 0.2) is 157 Å². The maximum atomic E-state index is 15.0. The van der Waals surface area contributed by atoms with Gasteiger partial charge in [0.1, 0.15) is 36.2 Å². The Morgan fingerprint density at radius 3 is 2.41 bits per heavy atom. The Hall–Kier alpha value is -6.53. The first kappa shape index (κ1) is 47.9. The molecular weight excluding hydrogens is 857 g/mol. The van der Waals surface area contributed by atoms with Gasteiger partial charge in [-0.15, -0.1) is 13.2 Å². The maximum Gasteiger partial charge on any atom is 0.410 e. The smallest absolute Gasteiger partial charge is 0.410 e. The number of carbonyl (C=O) groups excluding carboxylic acids is 2. The molecule has 0 saturated heterocycles. The minimum atomic E-state index is -1.51. The van der Waals surface area contributed by atoms with Crippen LogP contribution >= 0.6 is 0 Å². The van der Waals surface area contributed by atoms with Gasteiger partial charge in [0, 0.05) is 36.7 Å². The molecule has 3 aliphatic rings. The molecule has 0 aromatic heterocycles. The van der Waals surface area contributed by atoms with E-state index in [1.54, 1.807) is 35.3 Å². The average molecular weight is 919 g/mol. The van der Waals surface area contributed by atoms with E-state index in [4.69, 9.17) is 28.9 Å². The highest BCUT2D eigenvalue weighted by Crippen LogP contribution is 2.62. The highest BCUT2D eigenvalue weighted by atomic mass is 16.7. The summed E-state index contributed by atoms with van der Waals surface area (Å²) in [5.74, 6) is -0.661. The third-order valence-corrected chi connectivity index (χ3v) is 13.5. The molecule has 0 spiro atoms. The Labute approximate surface area is 399 Å². The van der Waals surface area contributed by atoms with Gasteiger partial charge in [-0.05, 0) is 102 Å². The number of amides is 1. The highest BCUT2D eigenvalue weighted by molar-refractivity contribution is 6.03. The molecular formula is C57H62N2O9. The summed E-state index contributed by atoms with van der Waals surface area (Å²) in [5, 5.41) is 27.1. The molecule has 0 bridgehead atoms. The second kappa shape index (κ2) is 23.0. The van der Waals surface area contributed by atoms with Crippen LogP contribution in [0.3, 0.4) is 0 Å². The van der Waals surface area contributed by atoms with Gasteiger partial charge in [-0.1, -0.05) is 121 Å². The fourth-order valence-electron chi connectivity index (χ4n) is 10.5. The molecule has 1 fully saturated rings. The zero-order valence-corrected chi connectivity index (χ0v) is 38.6. The summed E-state index contributed by atoms with van der Waals surface area (Å²) in [6, 6.07) is 36.1. The monoisotopic (exact) mass is 918 g/mol. The van der Waals surface area contributed by atoms with Crippen molar-refractivity contribution in [1.82, 2.24) is 4.90 Å². The molecule has 0 radical (unpaired) electrons.